The van der Waals surface area contributed by atoms with Crippen LogP contribution >= 0.6 is 11.3 Å². The van der Waals surface area contributed by atoms with Gasteiger partial charge in [0.25, 0.3) is 0 Å². The van der Waals surface area contributed by atoms with Gasteiger partial charge in [-0.2, -0.15) is 0 Å². The molecule has 0 saturated carbocycles. The van der Waals surface area contributed by atoms with Crippen molar-refractivity contribution in [3.63, 3.8) is 0 Å². The van der Waals surface area contributed by atoms with Crippen molar-refractivity contribution in [1.29, 1.82) is 0 Å². The molecule has 2 heterocycles. The monoisotopic (exact) mass is 291 g/mol. The van der Waals surface area contributed by atoms with Crippen LogP contribution in [0.2, 0.25) is 0 Å². The smallest absolute Gasteiger partial charge is 0.354 e. The van der Waals surface area contributed by atoms with Crippen molar-refractivity contribution in [2.24, 2.45) is 0 Å². The Morgan fingerprint density at radius 2 is 2.15 bits per heavy atom. The third-order valence-corrected chi connectivity index (χ3v) is 3.41. The van der Waals surface area contributed by atoms with Gasteiger partial charge in [-0.3, -0.25) is 0 Å². The van der Waals surface area contributed by atoms with Crippen molar-refractivity contribution in [3.8, 4) is 0 Å². The fourth-order valence-electron chi connectivity index (χ4n) is 1.52. The number of carbonyl (C=O) groups excluding carboxylic acids is 1. The summed E-state index contributed by atoms with van der Waals surface area (Å²) in [7, 11) is 0. The number of pyridine rings is 1. The Kier molecular flexibility index (Phi) is 4.67. The summed E-state index contributed by atoms with van der Waals surface area (Å²) in [6, 6.07) is 6.47. The van der Waals surface area contributed by atoms with Crippen LogP contribution in [-0.2, 0) is 6.42 Å². The molecule has 0 spiro atoms. The minimum atomic E-state index is -1.10. The summed E-state index contributed by atoms with van der Waals surface area (Å²) in [5, 5.41) is 16.0. The molecular formula is C13H13N3O3S. The lowest BCUT2D eigenvalue weighted by atomic mass is 10.3. The summed E-state index contributed by atoms with van der Waals surface area (Å²) < 4.78 is 0. The molecule has 2 aromatic heterocycles. The maximum absolute atomic E-state index is 11.6. The van der Waals surface area contributed by atoms with Crippen molar-refractivity contribution in [3.05, 3.63) is 46.4 Å². The molecule has 0 saturated heterocycles. The standard InChI is InChI=1S/C13H13N3O3S/c17-12(18)11-4-3-9(8-15-11)16-13(19)14-6-5-10-2-1-7-20-10/h1-4,7-8H,5-6H2,(H,17,18)(H2,14,16,19). The Balaban J connectivity index is 1.77. The van der Waals surface area contributed by atoms with E-state index in [1.54, 1.807) is 11.3 Å². The van der Waals surface area contributed by atoms with Gasteiger partial charge in [-0.25, -0.2) is 14.6 Å². The van der Waals surface area contributed by atoms with Crippen molar-refractivity contribution < 1.29 is 14.7 Å². The van der Waals surface area contributed by atoms with E-state index in [1.807, 2.05) is 17.5 Å². The van der Waals surface area contributed by atoms with E-state index in [0.717, 1.165) is 6.42 Å². The molecule has 7 heteroatoms. The van der Waals surface area contributed by atoms with Crippen molar-refractivity contribution in [2.45, 2.75) is 6.42 Å². The largest absolute Gasteiger partial charge is 0.477 e. The van der Waals surface area contributed by atoms with Gasteiger partial charge < -0.3 is 15.7 Å². The van der Waals surface area contributed by atoms with Gasteiger partial charge in [0, 0.05) is 11.4 Å². The summed E-state index contributed by atoms with van der Waals surface area (Å²) >= 11 is 1.65. The van der Waals surface area contributed by atoms with Crippen LogP contribution in [0.25, 0.3) is 0 Å². The first-order chi connectivity index (χ1) is 9.65. The Hall–Kier alpha value is -2.41. The molecule has 0 unspecified atom stereocenters. The van der Waals surface area contributed by atoms with Gasteiger partial charge in [0.1, 0.15) is 5.69 Å². The van der Waals surface area contributed by atoms with Crippen LogP contribution < -0.4 is 10.6 Å². The van der Waals surface area contributed by atoms with Gasteiger partial charge in [0.05, 0.1) is 11.9 Å². The highest BCUT2D eigenvalue weighted by Gasteiger charge is 2.05. The van der Waals surface area contributed by atoms with Crippen LogP contribution in [0.5, 0.6) is 0 Å². The van der Waals surface area contributed by atoms with E-state index in [4.69, 9.17) is 5.11 Å². The number of carbonyl (C=O) groups is 2. The zero-order valence-electron chi connectivity index (χ0n) is 10.5. The van der Waals surface area contributed by atoms with Gasteiger partial charge in [-0.15, -0.1) is 11.3 Å². The highest BCUT2D eigenvalue weighted by molar-refractivity contribution is 7.09. The first-order valence-corrected chi connectivity index (χ1v) is 6.79. The number of anilines is 1. The number of nitrogens with zero attached hydrogens (tertiary/aromatic N) is 1. The van der Waals surface area contributed by atoms with Crippen LogP contribution in [-0.4, -0.2) is 28.6 Å². The van der Waals surface area contributed by atoms with Crippen molar-refractivity contribution >= 4 is 29.0 Å². The Morgan fingerprint density at radius 3 is 2.75 bits per heavy atom. The molecule has 6 nitrogen and oxygen atoms in total. The average molecular weight is 291 g/mol. The molecular weight excluding hydrogens is 278 g/mol. The second-order valence-electron chi connectivity index (χ2n) is 3.95. The zero-order chi connectivity index (χ0) is 14.4. The number of aromatic carboxylic acids is 1. The molecule has 2 rings (SSSR count). The number of nitrogens with one attached hydrogen (secondary N) is 2. The molecule has 3 N–H and O–H groups in total. The summed E-state index contributed by atoms with van der Waals surface area (Å²) in [6.45, 7) is 0.535. The number of amides is 2. The number of carboxylic acid groups (broad SMARTS) is 1. The molecule has 104 valence electrons. The lowest BCUT2D eigenvalue weighted by Gasteiger charge is -2.06. The molecule has 0 aromatic carbocycles. The molecule has 0 radical (unpaired) electrons. The normalized spacial score (nSPS) is 10.0. The molecule has 0 aliphatic carbocycles. The quantitative estimate of drug-likeness (QED) is 0.787. The number of rotatable bonds is 5. The second kappa shape index (κ2) is 6.67. The lowest BCUT2D eigenvalue weighted by Crippen LogP contribution is -2.30. The molecule has 0 bridgehead atoms. The highest BCUT2D eigenvalue weighted by atomic mass is 32.1. The lowest BCUT2D eigenvalue weighted by molar-refractivity contribution is 0.0690. The summed E-state index contributed by atoms with van der Waals surface area (Å²) in [6.07, 6.45) is 2.09. The third-order valence-electron chi connectivity index (χ3n) is 2.48. The minimum Gasteiger partial charge on any atom is -0.477 e. The van der Waals surface area contributed by atoms with E-state index in [-0.39, 0.29) is 11.7 Å². The maximum atomic E-state index is 11.6. The van der Waals surface area contributed by atoms with Gasteiger partial charge in [-0.05, 0) is 30.0 Å². The van der Waals surface area contributed by atoms with Gasteiger partial charge >= 0.3 is 12.0 Å². The molecule has 0 aliphatic rings. The van der Waals surface area contributed by atoms with E-state index in [1.165, 1.54) is 23.2 Å². The molecule has 0 atom stereocenters. The first kappa shape index (κ1) is 14.0. The van der Waals surface area contributed by atoms with Gasteiger partial charge in [0.2, 0.25) is 0 Å². The van der Waals surface area contributed by atoms with Crippen LogP contribution in [0.1, 0.15) is 15.4 Å². The number of aromatic nitrogens is 1. The fraction of sp³-hybridized carbons (Fsp3) is 0.154. The van der Waals surface area contributed by atoms with Crippen LogP contribution in [0.4, 0.5) is 10.5 Å². The minimum absolute atomic E-state index is 0.0614. The molecule has 20 heavy (non-hydrogen) atoms. The van der Waals surface area contributed by atoms with Crippen LogP contribution in [0.3, 0.4) is 0 Å². The third kappa shape index (κ3) is 4.06. The highest BCUT2D eigenvalue weighted by Crippen LogP contribution is 2.08. The second-order valence-corrected chi connectivity index (χ2v) is 4.98. The number of urea groups is 1. The number of hydrogen-bond acceptors (Lipinski definition) is 4. The van der Waals surface area contributed by atoms with Crippen molar-refractivity contribution in [2.75, 3.05) is 11.9 Å². The summed E-state index contributed by atoms with van der Waals surface area (Å²) in [4.78, 5) is 27.1. The van der Waals surface area contributed by atoms with E-state index in [0.29, 0.717) is 12.2 Å². The number of thiophene rings is 1. The Labute approximate surface area is 119 Å². The van der Waals surface area contributed by atoms with Crippen LogP contribution in [0.15, 0.2) is 35.8 Å². The van der Waals surface area contributed by atoms with E-state index >= 15 is 0 Å². The van der Waals surface area contributed by atoms with Gasteiger partial charge in [-0.1, -0.05) is 6.07 Å². The topological polar surface area (TPSA) is 91.3 Å². The van der Waals surface area contributed by atoms with Gasteiger partial charge in [0.15, 0.2) is 0 Å². The number of carboxylic acids is 1. The van der Waals surface area contributed by atoms with E-state index in [2.05, 4.69) is 15.6 Å². The molecule has 2 aromatic rings. The molecule has 2 amide bonds. The zero-order valence-corrected chi connectivity index (χ0v) is 11.3. The predicted octanol–water partition coefficient (Wildman–Crippen LogP) is 2.21. The fourth-order valence-corrected chi connectivity index (χ4v) is 2.23. The summed E-state index contributed by atoms with van der Waals surface area (Å²) in [5.41, 5.74) is 0.386. The predicted molar refractivity (Wildman–Crippen MR) is 76.2 cm³/mol. The van der Waals surface area contributed by atoms with E-state index in [9.17, 15) is 9.59 Å². The number of hydrogen-bond donors (Lipinski definition) is 3. The Bertz CT molecular complexity index is 581. The van der Waals surface area contributed by atoms with Crippen molar-refractivity contribution in [1.82, 2.24) is 10.3 Å². The first-order valence-electron chi connectivity index (χ1n) is 5.92. The summed E-state index contributed by atoms with van der Waals surface area (Å²) in [5.74, 6) is -1.10. The SMILES string of the molecule is O=C(NCCc1cccs1)Nc1ccc(C(=O)O)nc1. The van der Waals surface area contributed by atoms with Crippen LogP contribution in [0, 0.1) is 0 Å². The average Bonchev–Trinajstić information content (AvgIpc) is 2.92. The van der Waals surface area contributed by atoms with E-state index < -0.39 is 5.97 Å². The molecule has 0 aliphatic heterocycles. The Morgan fingerprint density at radius 1 is 1.30 bits per heavy atom. The maximum Gasteiger partial charge on any atom is 0.354 e. The molecule has 0 fully saturated rings.